The lowest BCUT2D eigenvalue weighted by Gasteiger charge is -2.24. The van der Waals surface area contributed by atoms with Crippen LogP contribution in [-0.4, -0.2) is 30.7 Å². The summed E-state index contributed by atoms with van der Waals surface area (Å²) in [6.45, 7) is 5.51. The van der Waals surface area contributed by atoms with Crippen molar-refractivity contribution in [2.24, 2.45) is 11.1 Å². The van der Waals surface area contributed by atoms with Crippen molar-refractivity contribution in [2.45, 2.75) is 33.1 Å². The molecule has 1 aromatic carbocycles. The van der Waals surface area contributed by atoms with Crippen LogP contribution in [0.15, 0.2) is 24.3 Å². The highest BCUT2D eigenvalue weighted by Crippen LogP contribution is 2.21. The lowest BCUT2D eigenvalue weighted by atomic mass is 9.87. The maximum Gasteiger partial charge on any atom is 0.251 e. The molecule has 0 aromatic heterocycles. The van der Waals surface area contributed by atoms with Crippen LogP contribution < -0.4 is 11.1 Å². The van der Waals surface area contributed by atoms with E-state index in [4.69, 9.17) is 10.8 Å². The Labute approximate surface area is 121 Å². The largest absolute Gasteiger partial charge is 0.396 e. The number of hydrogen-bond donors (Lipinski definition) is 3. The van der Waals surface area contributed by atoms with Gasteiger partial charge in [0.2, 0.25) is 0 Å². The topological polar surface area (TPSA) is 75.3 Å². The molecule has 0 fully saturated rings. The molecule has 20 heavy (non-hydrogen) atoms. The fraction of sp³-hybridized carbons (Fsp3) is 0.562. The minimum Gasteiger partial charge on any atom is -0.396 e. The normalized spacial score (nSPS) is 11.4. The number of nitrogens with two attached hydrogens (primary N) is 1. The Bertz CT molecular complexity index is 430. The van der Waals surface area contributed by atoms with Crippen molar-refractivity contribution >= 4 is 5.91 Å². The van der Waals surface area contributed by atoms with Gasteiger partial charge in [-0.15, -0.1) is 0 Å². The molecule has 0 aliphatic carbocycles. The second kappa shape index (κ2) is 8.02. The van der Waals surface area contributed by atoms with Crippen molar-refractivity contribution in [1.29, 1.82) is 0 Å². The van der Waals surface area contributed by atoms with E-state index in [9.17, 15) is 4.79 Å². The summed E-state index contributed by atoms with van der Waals surface area (Å²) < 4.78 is 0. The van der Waals surface area contributed by atoms with E-state index >= 15 is 0 Å². The first-order valence-electron chi connectivity index (χ1n) is 7.17. The molecule has 4 N–H and O–H groups in total. The average Bonchev–Trinajstić information content (AvgIpc) is 2.44. The van der Waals surface area contributed by atoms with Gasteiger partial charge in [-0.2, -0.15) is 0 Å². The van der Waals surface area contributed by atoms with Crippen molar-refractivity contribution in [3.05, 3.63) is 35.4 Å². The number of aliphatic hydroxyl groups is 1. The first kappa shape index (κ1) is 16.7. The number of nitrogens with one attached hydrogen (secondary N) is 1. The molecule has 0 unspecified atom stereocenters. The molecule has 4 nitrogen and oxygen atoms in total. The third-order valence-electron chi connectivity index (χ3n) is 3.41. The molecule has 0 aliphatic rings. The number of carbonyl (C=O) groups excluding carboxylic acids is 1. The van der Waals surface area contributed by atoms with E-state index in [2.05, 4.69) is 19.2 Å². The molecule has 1 amide bonds. The maximum absolute atomic E-state index is 12.3. The van der Waals surface area contributed by atoms with Gasteiger partial charge in [0.15, 0.2) is 0 Å². The van der Waals surface area contributed by atoms with Gasteiger partial charge in [-0.1, -0.05) is 32.0 Å². The Balaban J connectivity index is 2.63. The summed E-state index contributed by atoms with van der Waals surface area (Å²) in [7, 11) is 0. The fourth-order valence-corrected chi connectivity index (χ4v) is 2.18. The lowest BCUT2D eigenvalue weighted by molar-refractivity contribution is 0.0932. The summed E-state index contributed by atoms with van der Waals surface area (Å²) in [6.07, 6.45) is 2.35. The standard InChI is InChI=1S/C16H26N2O2/c1-16(2,9-5-11-19)12-18-15(20)14-7-4-3-6-13(14)8-10-17/h3-4,6-7,19H,5,8-12,17H2,1-2H3,(H,18,20). The van der Waals surface area contributed by atoms with Crippen LogP contribution in [0.2, 0.25) is 0 Å². The van der Waals surface area contributed by atoms with Gasteiger partial charge in [0, 0.05) is 18.7 Å². The monoisotopic (exact) mass is 278 g/mol. The first-order chi connectivity index (χ1) is 9.50. The van der Waals surface area contributed by atoms with E-state index in [1.54, 1.807) is 0 Å². The van der Waals surface area contributed by atoms with Crippen LogP contribution in [0, 0.1) is 5.41 Å². The molecule has 0 aliphatic heterocycles. The van der Waals surface area contributed by atoms with Crippen LogP contribution in [0.3, 0.4) is 0 Å². The predicted molar refractivity (Wildman–Crippen MR) is 81.6 cm³/mol. The molecule has 0 radical (unpaired) electrons. The summed E-state index contributed by atoms with van der Waals surface area (Å²) in [5.74, 6) is -0.0499. The summed E-state index contributed by atoms with van der Waals surface area (Å²) in [5.41, 5.74) is 7.25. The summed E-state index contributed by atoms with van der Waals surface area (Å²) in [4.78, 5) is 12.3. The van der Waals surface area contributed by atoms with Crippen LogP contribution in [0.4, 0.5) is 0 Å². The first-order valence-corrected chi connectivity index (χ1v) is 7.17. The molecule has 0 atom stereocenters. The van der Waals surface area contributed by atoms with Gasteiger partial charge in [0.05, 0.1) is 0 Å². The Kier molecular flexibility index (Phi) is 6.68. The highest BCUT2D eigenvalue weighted by Gasteiger charge is 2.19. The third-order valence-corrected chi connectivity index (χ3v) is 3.41. The molecular formula is C16H26N2O2. The van der Waals surface area contributed by atoms with Crippen LogP contribution in [0.25, 0.3) is 0 Å². The Morgan fingerprint density at radius 2 is 2.05 bits per heavy atom. The maximum atomic E-state index is 12.3. The minimum absolute atomic E-state index is 0.0127. The Hall–Kier alpha value is -1.39. The summed E-state index contributed by atoms with van der Waals surface area (Å²) in [6, 6.07) is 7.57. The smallest absolute Gasteiger partial charge is 0.251 e. The molecule has 0 bridgehead atoms. The number of benzene rings is 1. The molecule has 0 saturated carbocycles. The SMILES string of the molecule is CC(C)(CCCO)CNC(=O)c1ccccc1CCN. The van der Waals surface area contributed by atoms with Crippen LogP contribution >= 0.6 is 0 Å². The molecule has 0 spiro atoms. The van der Waals surface area contributed by atoms with E-state index in [1.165, 1.54) is 0 Å². The second-order valence-corrected chi connectivity index (χ2v) is 5.87. The van der Waals surface area contributed by atoms with Gasteiger partial charge in [0.1, 0.15) is 0 Å². The van der Waals surface area contributed by atoms with Gasteiger partial charge in [-0.3, -0.25) is 4.79 Å². The second-order valence-electron chi connectivity index (χ2n) is 5.87. The predicted octanol–water partition coefficient (Wildman–Crippen LogP) is 1.72. The molecule has 0 heterocycles. The average molecular weight is 278 g/mol. The van der Waals surface area contributed by atoms with E-state index in [-0.39, 0.29) is 17.9 Å². The van der Waals surface area contributed by atoms with Gasteiger partial charge in [-0.25, -0.2) is 0 Å². The number of amides is 1. The zero-order valence-electron chi connectivity index (χ0n) is 12.5. The molecule has 112 valence electrons. The van der Waals surface area contributed by atoms with E-state index < -0.39 is 0 Å². The van der Waals surface area contributed by atoms with Gasteiger partial charge in [-0.05, 0) is 42.9 Å². The summed E-state index contributed by atoms with van der Waals surface area (Å²) >= 11 is 0. The number of carbonyl (C=O) groups is 1. The van der Waals surface area contributed by atoms with Gasteiger partial charge in [0.25, 0.3) is 5.91 Å². The molecule has 1 rings (SSSR count). The van der Waals surface area contributed by atoms with Crippen LogP contribution in [0.5, 0.6) is 0 Å². The van der Waals surface area contributed by atoms with E-state index in [0.29, 0.717) is 25.1 Å². The Morgan fingerprint density at radius 3 is 2.70 bits per heavy atom. The lowest BCUT2D eigenvalue weighted by Crippen LogP contribution is -2.34. The van der Waals surface area contributed by atoms with Gasteiger partial charge >= 0.3 is 0 Å². The third kappa shape index (κ3) is 5.31. The summed E-state index contributed by atoms with van der Waals surface area (Å²) in [5, 5.41) is 11.9. The fourth-order valence-electron chi connectivity index (χ4n) is 2.18. The zero-order chi connectivity index (χ0) is 15.0. The van der Waals surface area contributed by atoms with Gasteiger partial charge < -0.3 is 16.2 Å². The van der Waals surface area contributed by atoms with Crippen molar-refractivity contribution in [2.75, 3.05) is 19.7 Å². The van der Waals surface area contributed by atoms with E-state index in [0.717, 1.165) is 18.4 Å². The van der Waals surface area contributed by atoms with Crippen molar-refractivity contribution in [1.82, 2.24) is 5.32 Å². The molecule has 1 aromatic rings. The molecule has 0 saturated heterocycles. The highest BCUT2D eigenvalue weighted by atomic mass is 16.2. The zero-order valence-corrected chi connectivity index (χ0v) is 12.5. The van der Waals surface area contributed by atoms with Crippen molar-refractivity contribution in [3.63, 3.8) is 0 Å². The number of aliphatic hydroxyl groups excluding tert-OH is 1. The molecule has 4 heteroatoms. The number of hydrogen-bond acceptors (Lipinski definition) is 3. The highest BCUT2D eigenvalue weighted by molar-refractivity contribution is 5.95. The molecular weight excluding hydrogens is 252 g/mol. The van der Waals surface area contributed by atoms with E-state index in [1.807, 2.05) is 24.3 Å². The quantitative estimate of drug-likeness (QED) is 0.677. The van der Waals surface area contributed by atoms with Crippen LogP contribution in [-0.2, 0) is 6.42 Å². The van der Waals surface area contributed by atoms with Crippen molar-refractivity contribution in [3.8, 4) is 0 Å². The van der Waals surface area contributed by atoms with Crippen molar-refractivity contribution < 1.29 is 9.90 Å². The number of rotatable bonds is 8. The van der Waals surface area contributed by atoms with Crippen LogP contribution in [0.1, 0.15) is 42.6 Å². The minimum atomic E-state index is -0.0499. The Morgan fingerprint density at radius 1 is 1.35 bits per heavy atom.